The van der Waals surface area contributed by atoms with Gasteiger partial charge in [-0.2, -0.15) is 0 Å². The molecular formula is C41H68O12. The SMILES string of the molecule is COC(C)(C)[C@@H](O)[C@H](O)C[C@H](C)C1=C2CC[C@@H]3[C@@]4(C)CC[C@@H](OC(C)=O)C(C)(C)[C@@H]4C[C@@H](OC4OC(COC(C)=O)C(O)C(O)C4O)[C@@]3(C)[C@]2(C)CC1. The van der Waals surface area contributed by atoms with Crippen LogP contribution < -0.4 is 0 Å². The molecule has 53 heavy (non-hydrogen) atoms. The number of fused-ring (bicyclic) bond motifs is 5. The van der Waals surface area contributed by atoms with Crippen LogP contribution in [0.5, 0.6) is 0 Å². The highest BCUT2D eigenvalue weighted by Gasteiger charge is 2.71. The Bertz CT molecular complexity index is 1390. The molecular weight excluding hydrogens is 684 g/mol. The number of hydrogen-bond acceptors (Lipinski definition) is 12. The summed E-state index contributed by atoms with van der Waals surface area (Å²) in [4.78, 5) is 23.9. The molecule has 0 aromatic rings. The molecule has 1 heterocycles. The fraction of sp³-hybridized carbons (Fsp3) is 0.902. The van der Waals surface area contributed by atoms with Crippen LogP contribution in [0.4, 0.5) is 0 Å². The molecule has 12 nitrogen and oxygen atoms in total. The van der Waals surface area contributed by atoms with Gasteiger partial charge in [-0.05, 0) is 93.8 Å². The average molecular weight is 753 g/mol. The van der Waals surface area contributed by atoms with Crippen molar-refractivity contribution < 1.29 is 58.8 Å². The molecule has 0 spiro atoms. The van der Waals surface area contributed by atoms with Crippen LogP contribution in [0.2, 0.25) is 0 Å². The average Bonchev–Trinajstić information content (AvgIpc) is 3.44. The molecule has 0 bridgehead atoms. The Morgan fingerprint density at radius 3 is 2.17 bits per heavy atom. The van der Waals surface area contributed by atoms with E-state index in [1.54, 1.807) is 13.8 Å². The third-order valence-corrected chi connectivity index (χ3v) is 15.4. The number of aliphatic hydroxyl groups is 5. The van der Waals surface area contributed by atoms with E-state index in [0.29, 0.717) is 12.8 Å². The second-order valence-corrected chi connectivity index (χ2v) is 18.9. The summed E-state index contributed by atoms with van der Waals surface area (Å²) in [5.74, 6) is -0.619. The summed E-state index contributed by atoms with van der Waals surface area (Å²) in [7, 11) is 1.53. The molecule has 5 aliphatic rings. The van der Waals surface area contributed by atoms with E-state index >= 15 is 0 Å². The van der Waals surface area contributed by atoms with Crippen molar-refractivity contribution in [3.8, 4) is 0 Å². The first-order valence-corrected chi connectivity index (χ1v) is 19.8. The number of allylic oxidation sites excluding steroid dienone is 2. The molecule has 5 rings (SSSR count). The predicted molar refractivity (Wildman–Crippen MR) is 195 cm³/mol. The molecule has 4 fully saturated rings. The second kappa shape index (κ2) is 15.0. The highest BCUT2D eigenvalue weighted by atomic mass is 16.7. The molecule has 0 amide bonds. The first-order chi connectivity index (χ1) is 24.5. The molecule has 3 saturated carbocycles. The highest BCUT2D eigenvalue weighted by Crippen LogP contribution is 2.75. The zero-order chi connectivity index (χ0) is 39.6. The molecule has 1 aliphatic heterocycles. The maximum absolute atomic E-state index is 12.3. The van der Waals surface area contributed by atoms with Crippen LogP contribution in [0, 0.1) is 39.4 Å². The largest absolute Gasteiger partial charge is 0.463 e. The predicted octanol–water partition coefficient (Wildman–Crippen LogP) is 4.21. The van der Waals surface area contributed by atoms with Gasteiger partial charge in [0.15, 0.2) is 6.29 Å². The Hall–Kier alpha value is -1.64. The van der Waals surface area contributed by atoms with Gasteiger partial charge in [0.05, 0.1) is 17.8 Å². The van der Waals surface area contributed by atoms with Crippen molar-refractivity contribution in [3.05, 3.63) is 11.1 Å². The van der Waals surface area contributed by atoms with E-state index < -0.39 is 71.4 Å². The van der Waals surface area contributed by atoms with Gasteiger partial charge in [-0.3, -0.25) is 9.59 Å². The van der Waals surface area contributed by atoms with Gasteiger partial charge in [0.25, 0.3) is 0 Å². The summed E-state index contributed by atoms with van der Waals surface area (Å²) < 4.78 is 29.7. The minimum absolute atomic E-state index is 0.0100. The Balaban J connectivity index is 1.55. The number of hydrogen-bond donors (Lipinski definition) is 5. The minimum atomic E-state index is -1.59. The van der Waals surface area contributed by atoms with Crippen LogP contribution in [0.3, 0.4) is 0 Å². The molecule has 0 aromatic carbocycles. The van der Waals surface area contributed by atoms with Gasteiger partial charge in [0, 0.05) is 31.8 Å². The fourth-order valence-electron chi connectivity index (χ4n) is 12.0. The molecule has 12 heteroatoms. The van der Waals surface area contributed by atoms with E-state index in [0.717, 1.165) is 38.5 Å². The van der Waals surface area contributed by atoms with E-state index in [9.17, 15) is 35.1 Å². The number of aliphatic hydroxyl groups excluding tert-OH is 5. The van der Waals surface area contributed by atoms with Gasteiger partial charge >= 0.3 is 11.9 Å². The maximum Gasteiger partial charge on any atom is 0.302 e. The summed E-state index contributed by atoms with van der Waals surface area (Å²) in [6, 6.07) is 0. The number of esters is 2. The van der Waals surface area contributed by atoms with Gasteiger partial charge < -0.3 is 49.2 Å². The lowest BCUT2D eigenvalue weighted by Crippen LogP contribution is -2.69. The van der Waals surface area contributed by atoms with E-state index in [4.69, 9.17) is 23.7 Å². The molecule has 5 unspecified atom stereocenters. The molecule has 5 N–H and O–H groups in total. The van der Waals surface area contributed by atoms with Gasteiger partial charge in [-0.1, -0.05) is 52.7 Å². The van der Waals surface area contributed by atoms with Gasteiger partial charge in [-0.25, -0.2) is 0 Å². The van der Waals surface area contributed by atoms with Gasteiger partial charge in [-0.15, -0.1) is 0 Å². The highest BCUT2D eigenvalue weighted by molar-refractivity contribution is 5.66. The van der Waals surface area contributed by atoms with E-state index in [-0.39, 0.29) is 47.3 Å². The van der Waals surface area contributed by atoms with Crippen LogP contribution in [0.1, 0.15) is 121 Å². The van der Waals surface area contributed by atoms with Gasteiger partial charge in [0.2, 0.25) is 0 Å². The third-order valence-electron chi connectivity index (χ3n) is 15.4. The van der Waals surface area contributed by atoms with Crippen molar-refractivity contribution in [2.24, 2.45) is 39.4 Å². The Labute approximate surface area is 315 Å². The lowest BCUT2D eigenvalue weighted by atomic mass is 9.35. The van der Waals surface area contributed by atoms with Crippen molar-refractivity contribution >= 4 is 11.9 Å². The van der Waals surface area contributed by atoms with Crippen molar-refractivity contribution in [2.45, 2.75) is 181 Å². The molecule has 304 valence electrons. The van der Waals surface area contributed by atoms with Crippen LogP contribution in [0.25, 0.3) is 0 Å². The smallest absolute Gasteiger partial charge is 0.302 e. The van der Waals surface area contributed by atoms with E-state index in [1.165, 1.54) is 32.1 Å². The first-order valence-electron chi connectivity index (χ1n) is 19.8. The number of carbonyl (C=O) groups excluding carboxylic acids is 2. The zero-order valence-electron chi connectivity index (χ0n) is 33.9. The van der Waals surface area contributed by atoms with Crippen molar-refractivity contribution in [1.82, 2.24) is 0 Å². The standard InChI is InChI=1S/C41H68O12/c1-21(18-26(44)35(48)38(6,7)49-11)24-14-17-40(9)25(24)12-13-28-39(8)16-15-30(51-23(3)43)37(4,5)29(39)19-31(41(28,40)10)53-36-34(47)33(46)32(45)27(52-36)20-50-22(2)42/h21,26-36,44-48H,12-20H2,1-11H3/t21-,26+,27?,28+,29-,30+,31+,32?,33?,34?,35-,36?,39+,40+,41-/m0/s1. The van der Waals surface area contributed by atoms with Crippen LogP contribution in [-0.4, -0.2) is 112 Å². The van der Waals surface area contributed by atoms with E-state index in [2.05, 4.69) is 41.5 Å². The monoisotopic (exact) mass is 752 g/mol. The Morgan fingerprint density at radius 1 is 0.906 bits per heavy atom. The van der Waals surface area contributed by atoms with Crippen molar-refractivity contribution in [1.29, 1.82) is 0 Å². The maximum atomic E-state index is 12.3. The Kier molecular flexibility index (Phi) is 12.1. The molecule has 1 saturated heterocycles. The Morgan fingerprint density at radius 2 is 1.57 bits per heavy atom. The number of ether oxygens (including phenoxy) is 5. The summed E-state index contributed by atoms with van der Waals surface area (Å²) in [6.07, 6.45) is -3.76. The summed E-state index contributed by atoms with van der Waals surface area (Å²) >= 11 is 0. The van der Waals surface area contributed by atoms with Crippen molar-refractivity contribution in [2.75, 3.05) is 13.7 Å². The summed E-state index contributed by atoms with van der Waals surface area (Å²) in [5.41, 5.74) is 0.424. The quantitative estimate of drug-likeness (QED) is 0.116. The molecule has 15 atom stereocenters. The number of rotatable bonds is 11. The summed E-state index contributed by atoms with van der Waals surface area (Å²) in [5, 5.41) is 55.2. The first kappa shape index (κ1) is 42.5. The molecule has 4 aliphatic carbocycles. The fourth-order valence-corrected chi connectivity index (χ4v) is 12.0. The topological polar surface area (TPSA) is 181 Å². The van der Waals surface area contributed by atoms with Crippen LogP contribution >= 0.6 is 0 Å². The number of methoxy groups -OCH3 is 1. The lowest BCUT2D eigenvalue weighted by Gasteiger charge is -2.71. The van der Waals surface area contributed by atoms with E-state index in [1.807, 2.05) is 0 Å². The van der Waals surface area contributed by atoms with Gasteiger partial charge in [0.1, 0.15) is 43.2 Å². The minimum Gasteiger partial charge on any atom is -0.463 e. The third kappa shape index (κ3) is 7.15. The molecule has 0 aromatic heterocycles. The molecule has 0 radical (unpaired) electrons. The van der Waals surface area contributed by atoms with Crippen LogP contribution in [0.15, 0.2) is 11.1 Å². The number of carbonyl (C=O) groups is 2. The lowest BCUT2D eigenvalue weighted by molar-refractivity contribution is -0.344. The normalized spacial score (nSPS) is 42.8. The second-order valence-electron chi connectivity index (χ2n) is 18.9. The zero-order valence-corrected chi connectivity index (χ0v) is 33.9. The van der Waals surface area contributed by atoms with Crippen LogP contribution in [-0.2, 0) is 33.3 Å². The summed E-state index contributed by atoms with van der Waals surface area (Å²) in [6.45, 7) is 19.5. The van der Waals surface area contributed by atoms with Crippen molar-refractivity contribution in [3.63, 3.8) is 0 Å².